The quantitative estimate of drug-likeness (QED) is 0.477. The Bertz CT molecular complexity index is 1120. The van der Waals surface area contributed by atoms with E-state index in [2.05, 4.69) is 9.72 Å². The van der Waals surface area contributed by atoms with E-state index >= 15 is 0 Å². The number of aryl methyl sites for hydroxylation is 3. The summed E-state index contributed by atoms with van der Waals surface area (Å²) in [7, 11) is -2.59. The third kappa shape index (κ3) is 3.84. The number of fused-ring (bicyclic) bond motifs is 1. The van der Waals surface area contributed by atoms with Crippen molar-refractivity contribution in [2.24, 2.45) is 0 Å². The van der Waals surface area contributed by atoms with Crippen LogP contribution in [-0.2, 0) is 26.0 Å². The Hall–Kier alpha value is -2.38. The number of halogens is 1. The van der Waals surface area contributed by atoms with Gasteiger partial charge in [-0.05, 0) is 61.7 Å². The average Bonchev–Trinajstić information content (AvgIpc) is 2.96. The van der Waals surface area contributed by atoms with Gasteiger partial charge in [-0.3, -0.25) is 4.79 Å². The van der Waals surface area contributed by atoms with E-state index in [1.807, 2.05) is 19.9 Å². The first-order chi connectivity index (χ1) is 12.7. The van der Waals surface area contributed by atoms with Crippen LogP contribution in [0.1, 0.15) is 23.2 Å². The zero-order chi connectivity index (χ0) is 19.8. The molecule has 142 valence electrons. The Morgan fingerprint density at radius 2 is 1.81 bits per heavy atom. The van der Waals surface area contributed by atoms with E-state index in [0.717, 1.165) is 11.1 Å². The second kappa shape index (κ2) is 7.32. The van der Waals surface area contributed by atoms with Crippen LogP contribution in [0.15, 0.2) is 41.3 Å². The third-order valence-corrected chi connectivity index (χ3v) is 6.15. The summed E-state index contributed by atoms with van der Waals surface area (Å²) in [5, 5.41) is 0.267. The third-order valence-electron chi connectivity index (χ3n) is 4.20. The van der Waals surface area contributed by atoms with Crippen molar-refractivity contribution in [2.75, 3.05) is 7.11 Å². The van der Waals surface area contributed by atoms with E-state index in [4.69, 9.17) is 11.6 Å². The lowest BCUT2D eigenvalue weighted by molar-refractivity contribution is -0.140. The molecule has 8 heteroatoms. The molecule has 0 aliphatic heterocycles. The topological polar surface area (TPSA) is 78.3 Å². The highest BCUT2D eigenvalue weighted by Crippen LogP contribution is 2.27. The number of aromatic nitrogens is 2. The van der Waals surface area contributed by atoms with E-state index in [1.54, 1.807) is 30.3 Å². The highest BCUT2D eigenvalue weighted by Gasteiger charge is 2.24. The summed E-state index contributed by atoms with van der Waals surface area (Å²) < 4.78 is 32.7. The van der Waals surface area contributed by atoms with Crippen molar-refractivity contribution in [3.63, 3.8) is 0 Å². The first-order valence-electron chi connectivity index (χ1n) is 8.30. The molecule has 0 saturated heterocycles. The number of hydrogen-bond acceptors (Lipinski definition) is 5. The highest BCUT2D eigenvalue weighted by molar-refractivity contribution is 7.90. The van der Waals surface area contributed by atoms with Crippen molar-refractivity contribution < 1.29 is 17.9 Å². The van der Waals surface area contributed by atoms with E-state index in [-0.39, 0.29) is 22.9 Å². The van der Waals surface area contributed by atoms with E-state index in [9.17, 15) is 13.2 Å². The van der Waals surface area contributed by atoms with Gasteiger partial charge in [0.1, 0.15) is 5.15 Å². The normalized spacial score (nSPS) is 11.7. The first-order valence-corrected chi connectivity index (χ1v) is 10.1. The van der Waals surface area contributed by atoms with Crippen molar-refractivity contribution in [3.05, 3.63) is 58.4 Å². The zero-order valence-corrected chi connectivity index (χ0v) is 16.8. The van der Waals surface area contributed by atoms with Crippen LogP contribution in [-0.4, -0.2) is 30.5 Å². The van der Waals surface area contributed by atoms with Crippen molar-refractivity contribution in [2.45, 2.75) is 31.6 Å². The second-order valence-electron chi connectivity index (χ2n) is 6.34. The number of nitrogens with zero attached hydrogens (tertiary/aromatic N) is 2. The molecule has 27 heavy (non-hydrogen) atoms. The van der Waals surface area contributed by atoms with Crippen molar-refractivity contribution >= 4 is 38.6 Å². The van der Waals surface area contributed by atoms with Crippen molar-refractivity contribution in [3.8, 4) is 0 Å². The van der Waals surface area contributed by atoms with Crippen LogP contribution in [0.3, 0.4) is 0 Å². The predicted molar refractivity (Wildman–Crippen MR) is 104 cm³/mol. The molecule has 0 spiro atoms. The van der Waals surface area contributed by atoms with E-state index in [0.29, 0.717) is 16.7 Å². The summed E-state index contributed by atoms with van der Waals surface area (Å²) in [5.74, 6) is -0.415. The minimum absolute atomic E-state index is 0.0585. The molecule has 0 saturated carbocycles. The van der Waals surface area contributed by atoms with Crippen molar-refractivity contribution in [1.82, 2.24) is 8.96 Å². The van der Waals surface area contributed by atoms with Crippen LogP contribution in [0.25, 0.3) is 11.0 Å². The molecule has 0 N–H and O–H groups in total. The lowest BCUT2D eigenvalue weighted by Crippen LogP contribution is -2.17. The molecule has 6 nitrogen and oxygen atoms in total. The Labute approximate surface area is 162 Å². The standard InChI is InChI=1S/C19H19ClN2O4S/c1-12-8-13(2)10-15(9-12)27(24,25)22-14(4-7-19(23)26-3)11-16-17(22)5-6-18(20)21-16/h5-6,8-11H,4,7H2,1-3H3. The fourth-order valence-electron chi connectivity index (χ4n) is 3.07. The molecule has 2 aromatic heterocycles. The van der Waals surface area contributed by atoms with Crippen LogP contribution in [0.5, 0.6) is 0 Å². The lowest BCUT2D eigenvalue weighted by atomic mass is 10.2. The predicted octanol–water partition coefficient (Wildman–Crippen LogP) is 3.65. The number of carbonyl (C=O) groups is 1. The summed E-state index contributed by atoms with van der Waals surface area (Å²) in [5.41, 5.74) is 3.02. The summed E-state index contributed by atoms with van der Waals surface area (Å²) in [6.45, 7) is 3.69. The zero-order valence-electron chi connectivity index (χ0n) is 15.2. The first kappa shape index (κ1) is 19.4. The average molecular weight is 407 g/mol. The number of methoxy groups -OCH3 is 1. The van der Waals surface area contributed by atoms with E-state index in [1.165, 1.54) is 11.1 Å². The molecule has 0 fully saturated rings. The number of benzene rings is 1. The lowest BCUT2D eigenvalue weighted by Gasteiger charge is -2.13. The summed E-state index contributed by atoms with van der Waals surface area (Å²) in [6, 6.07) is 9.97. The van der Waals surface area contributed by atoms with Gasteiger partial charge in [0.25, 0.3) is 10.0 Å². The molecule has 0 unspecified atom stereocenters. The van der Waals surface area contributed by atoms with Crippen LogP contribution in [0.4, 0.5) is 0 Å². The van der Waals surface area contributed by atoms with Gasteiger partial charge in [-0.15, -0.1) is 0 Å². The largest absolute Gasteiger partial charge is 0.469 e. The summed E-state index contributed by atoms with van der Waals surface area (Å²) >= 11 is 5.96. The Morgan fingerprint density at radius 3 is 2.44 bits per heavy atom. The molecule has 3 aromatic rings. The van der Waals surface area contributed by atoms with Gasteiger partial charge >= 0.3 is 5.97 Å². The summed E-state index contributed by atoms with van der Waals surface area (Å²) in [6.07, 6.45) is 0.258. The second-order valence-corrected chi connectivity index (χ2v) is 8.52. The molecule has 2 heterocycles. The number of pyridine rings is 1. The fraction of sp³-hybridized carbons (Fsp3) is 0.263. The monoisotopic (exact) mass is 406 g/mol. The molecule has 1 aromatic carbocycles. The maximum Gasteiger partial charge on any atom is 0.305 e. The fourth-order valence-corrected chi connectivity index (χ4v) is 4.97. The molecular weight excluding hydrogens is 388 g/mol. The van der Waals surface area contributed by atoms with E-state index < -0.39 is 16.0 Å². The number of ether oxygens (including phenoxy) is 1. The highest BCUT2D eigenvalue weighted by atomic mass is 35.5. The molecule has 0 bridgehead atoms. The maximum absolute atomic E-state index is 13.4. The number of esters is 1. The minimum atomic E-state index is -3.88. The molecule has 0 radical (unpaired) electrons. The van der Waals surface area contributed by atoms with Gasteiger partial charge in [0, 0.05) is 5.69 Å². The maximum atomic E-state index is 13.4. The Balaban J connectivity index is 2.22. The van der Waals surface area contributed by atoms with Crippen LogP contribution in [0, 0.1) is 13.8 Å². The van der Waals surface area contributed by atoms with Crippen LogP contribution >= 0.6 is 11.6 Å². The molecular formula is C19H19ClN2O4S. The Morgan fingerprint density at radius 1 is 1.15 bits per heavy atom. The number of hydrogen-bond donors (Lipinski definition) is 0. The van der Waals surface area contributed by atoms with Crippen LogP contribution < -0.4 is 0 Å². The molecule has 3 rings (SSSR count). The number of carbonyl (C=O) groups excluding carboxylic acids is 1. The van der Waals surface area contributed by atoms with Gasteiger partial charge in [-0.2, -0.15) is 0 Å². The molecule has 0 amide bonds. The van der Waals surface area contributed by atoms with Gasteiger partial charge < -0.3 is 4.74 Å². The van der Waals surface area contributed by atoms with Crippen LogP contribution in [0.2, 0.25) is 5.15 Å². The van der Waals surface area contributed by atoms with Gasteiger partial charge in [-0.1, -0.05) is 17.7 Å². The Kier molecular flexibility index (Phi) is 5.26. The van der Waals surface area contributed by atoms with Gasteiger partial charge in [-0.25, -0.2) is 17.4 Å². The minimum Gasteiger partial charge on any atom is -0.469 e. The molecule has 0 aliphatic carbocycles. The smallest absolute Gasteiger partial charge is 0.305 e. The summed E-state index contributed by atoms with van der Waals surface area (Å²) in [4.78, 5) is 16.0. The number of rotatable bonds is 5. The molecule has 0 aliphatic rings. The van der Waals surface area contributed by atoms with Gasteiger partial charge in [0.05, 0.1) is 29.5 Å². The van der Waals surface area contributed by atoms with Gasteiger partial charge in [0.15, 0.2) is 0 Å². The van der Waals surface area contributed by atoms with Crippen molar-refractivity contribution in [1.29, 1.82) is 0 Å². The molecule has 0 atom stereocenters. The SMILES string of the molecule is COC(=O)CCc1cc2nc(Cl)ccc2n1S(=O)(=O)c1cc(C)cc(C)c1. The van der Waals surface area contributed by atoms with Gasteiger partial charge in [0.2, 0.25) is 0 Å².